The van der Waals surface area contributed by atoms with Gasteiger partial charge < -0.3 is 10.2 Å². The third-order valence-electron chi connectivity index (χ3n) is 3.42. The van der Waals surface area contributed by atoms with Crippen molar-refractivity contribution >= 4 is 60.1 Å². The van der Waals surface area contributed by atoms with Crippen molar-refractivity contribution in [2.45, 2.75) is 9.79 Å². The second-order valence-corrected chi connectivity index (χ2v) is 8.68. The number of carbonyl (C=O) groups is 1. The fourth-order valence-corrected chi connectivity index (χ4v) is 4.14. The van der Waals surface area contributed by atoms with Gasteiger partial charge in [0.25, 0.3) is 10.0 Å². The summed E-state index contributed by atoms with van der Waals surface area (Å²) in [4.78, 5) is 10.2. The number of carboxylic acids is 1. The van der Waals surface area contributed by atoms with Crippen molar-refractivity contribution in [2.24, 2.45) is 0 Å². The number of halogens is 1. The lowest BCUT2D eigenvalue weighted by Gasteiger charge is -2.14. The second kappa shape index (κ2) is 7.79. The molecule has 0 atom stereocenters. The topological polar surface area (TPSA) is 104 Å². The summed E-state index contributed by atoms with van der Waals surface area (Å²) in [6.45, 7) is 0. The first-order chi connectivity index (χ1) is 14.5. The Labute approximate surface area is 174 Å². The summed E-state index contributed by atoms with van der Waals surface area (Å²) in [7, 11) is -4.58. The molecule has 3 N–H and O–H groups in total. The minimum absolute atomic E-state index is 0.0129. The van der Waals surface area contributed by atoms with Gasteiger partial charge in [-0.3, -0.25) is 9.52 Å². The number of aliphatic carboxylic acids is 1. The van der Waals surface area contributed by atoms with Crippen LogP contribution in [0.15, 0.2) is 68.8 Å². The maximum Gasteiger partial charge on any atom is 0.313 e. The molecule has 0 unspecified atom stereocenters. The fraction of sp³-hybridized carbons (Fsp3) is 0.0556. The number of phenols is 1. The minimum atomic E-state index is -4.58. The van der Waals surface area contributed by atoms with Gasteiger partial charge in [0.05, 0.1) is 26.7 Å². The average Bonchev–Trinajstić information content (AvgIpc) is 2.71. The van der Waals surface area contributed by atoms with Crippen LogP contribution in [0, 0.1) is 0 Å². The maximum absolute atomic E-state index is 13.1. The molecule has 0 heterocycles. The first-order valence-corrected chi connectivity index (χ1v) is 10.6. The van der Waals surface area contributed by atoms with Gasteiger partial charge in [0, 0.05) is 15.2 Å². The van der Waals surface area contributed by atoms with Crippen LogP contribution >= 0.6 is 27.7 Å². The number of rotatable bonds is 6. The predicted molar refractivity (Wildman–Crippen MR) is 109 cm³/mol. The van der Waals surface area contributed by atoms with Crippen LogP contribution in [0.4, 0.5) is 5.69 Å². The van der Waals surface area contributed by atoms with E-state index < -0.39 is 45.1 Å². The quantitative estimate of drug-likeness (QED) is 0.366. The Morgan fingerprint density at radius 3 is 2.44 bits per heavy atom. The largest absolute Gasteiger partial charge is 0.506 e. The molecule has 3 rings (SSSR count). The van der Waals surface area contributed by atoms with Crippen molar-refractivity contribution in [1.29, 1.82) is 0 Å². The van der Waals surface area contributed by atoms with Crippen LogP contribution in [-0.2, 0) is 14.8 Å². The number of fused-ring (bicyclic) bond motifs is 1. The maximum atomic E-state index is 13.1. The van der Waals surface area contributed by atoms with Gasteiger partial charge in [-0.25, -0.2) is 8.42 Å². The molecule has 3 aromatic carbocycles. The van der Waals surface area contributed by atoms with Crippen molar-refractivity contribution < 1.29 is 28.9 Å². The summed E-state index contributed by atoms with van der Waals surface area (Å²) in [6.07, 6.45) is 0. The highest BCUT2D eigenvalue weighted by Crippen LogP contribution is 2.40. The van der Waals surface area contributed by atoms with E-state index in [1.165, 1.54) is 18.2 Å². The smallest absolute Gasteiger partial charge is 0.313 e. The molecule has 0 aromatic heterocycles. The number of hydrogen-bond donors (Lipinski definition) is 3. The van der Waals surface area contributed by atoms with Crippen molar-refractivity contribution in [1.82, 2.24) is 0 Å². The number of benzene rings is 3. The Morgan fingerprint density at radius 1 is 1.19 bits per heavy atom. The zero-order chi connectivity index (χ0) is 23.1. The molecule has 0 saturated carbocycles. The van der Waals surface area contributed by atoms with Gasteiger partial charge in [0.2, 0.25) is 0 Å². The molecule has 0 aliphatic heterocycles. The average molecular weight is 472 g/mol. The minimum Gasteiger partial charge on any atom is -0.506 e. The van der Waals surface area contributed by atoms with Crippen molar-refractivity contribution in [2.75, 3.05) is 10.5 Å². The molecule has 0 fully saturated rings. The van der Waals surface area contributed by atoms with Crippen LogP contribution in [-0.4, -0.2) is 30.4 Å². The van der Waals surface area contributed by atoms with E-state index in [0.717, 1.165) is 11.8 Å². The zero-order valence-corrected chi connectivity index (χ0v) is 16.6. The van der Waals surface area contributed by atoms with E-state index in [9.17, 15) is 18.3 Å². The lowest BCUT2D eigenvalue weighted by molar-refractivity contribution is -0.133. The van der Waals surface area contributed by atoms with Crippen LogP contribution in [0.2, 0.25) is 0 Å². The number of carboxylic acid groups (broad SMARTS) is 1. The van der Waals surface area contributed by atoms with E-state index in [-0.39, 0.29) is 31.9 Å². The number of sulfonamides is 1. The highest BCUT2D eigenvalue weighted by Gasteiger charge is 2.19. The Hall–Kier alpha value is -2.23. The molecular formula is C18H14BrNO5S2. The molecule has 140 valence electrons. The fourth-order valence-electron chi connectivity index (χ4n) is 2.28. The first kappa shape index (κ1) is 14.8. The van der Waals surface area contributed by atoms with E-state index in [1.54, 1.807) is 12.1 Å². The molecular weight excluding hydrogens is 454 g/mol. The third-order valence-corrected chi connectivity index (χ3v) is 6.06. The molecule has 27 heavy (non-hydrogen) atoms. The molecule has 0 radical (unpaired) electrons. The SMILES string of the molecule is [2H]c1c([2H])c(S(=O)(=O)Nc2cc(SCC(=O)O)c(O)c3ccccc23)c([2H])c([2H])c1Br. The van der Waals surface area contributed by atoms with Crippen LogP contribution < -0.4 is 4.72 Å². The summed E-state index contributed by atoms with van der Waals surface area (Å²) >= 11 is 3.71. The molecule has 3 aromatic rings. The van der Waals surface area contributed by atoms with Crippen LogP contribution in [0.5, 0.6) is 5.75 Å². The Kier molecular flexibility index (Phi) is 4.27. The van der Waals surface area contributed by atoms with Gasteiger partial charge in [-0.15, -0.1) is 11.8 Å². The number of nitrogens with one attached hydrogen (secondary N) is 1. The molecule has 0 aliphatic carbocycles. The predicted octanol–water partition coefficient (Wildman–Crippen LogP) is 4.29. The molecule has 0 saturated heterocycles. The molecule has 6 nitrogen and oxygen atoms in total. The normalized spacial score (nSPS) is 13.5. The summed E-state index contributed by atoms with van der Waals surface area (Å²) in [5, 5.41) is 20.0. The summed E-state index contributed by atoms with van der Waals surface area (Å²) in [5.41, 5.74) is -0.0129. The Morgan fingerprint density at radius 2 is 1.81 bits per heavy atom. The van der Waals surface area contributed by atoms with Gasteiger partial charge in [0.15, 0.2) is 0 Å². The first-order valence-electron chi connectivity index (χ1n) is 9.33. The van der Waals surface area contributed by atoms with Crippen LogP contribution in [0.1, 0.15) is 5.48 Å². The van der Waals surface area contributed by atoms with Crippen LogP contribution in [0.25, 0.3) is 10.8 Å². The van der Waals surface area contributed by atoms with E-state index in [1.807, 2.05) is 0 Å². The van der Waals surface area contributed by atoms with Crippen molar-refractivity contribution in [3.05, 3.63) is 59.0 Å². The summed E-state index contributed by atoms with van der Waals surface area (Å²) in [6, 6.07) is 4.97. The highest BCUT2D eigenvalue weighted by molar-refractivity contribution is 9.10. The number of hydrogen-bond acceptors (Lipinski definition) is 5. The van der Waals surface area contributed by atoms with E-state index >= 15 is 0 Å². The zero-order valence-electron chi connectivity index (χ0n) is 17.4. The van der Waals surface area contributed by atoms with Crippen molar-refractivity contribution in [3.8, 4) is 5.75 Å². The number of anilines is 1. The molecule has 0 bridgehead atoms. The third kappa shape index (κ3) is 4.37. The Balaban J connectivity index is 2.20. The standard InChI is InChI=1S/C18H14BrNO5S2/c19-11-5-7-12(8-6-11)27(24,25)20-15-9-16(26-10-17(21)22)18(23)14-4-2-1-3-13(14)15/h1-9,20,23H,10H2,(H,21,22)/i5D,6D,7D,8D. The second-order valence-electron chi connectivity index (χ2n) is 5.25. The van der Waals surface area contributed by atoms with E-state index in [0.29, 0.717) is 5.39 Å². The lowest BCUT2D eigenvalue weighted by Crippen LogP contribution is -2.13. The van der Waals surface area contributed by atoms with E-state index in [4.69, 9.17) is 10.6 Å². The lowest BCUT2D eigenvalue weighted by atomic mass is 10.1. The molecule has 0 amide bonds. The van der Waals surface area contributed by atoms with Gasteiger partial charge in [-0.05, 0) is 30.2 Å². The highest BCUT2D eigenvalue weighted by atomic mass is 79.9. The van der Waals surface area contributed by atoms with Gasteiger partial charge in [-0.2, -0.15) is 0 Å². The summed E-state index contributed by atoms with van der Waals surface area (Å²) < 4.78 is 59.9. The number of thioether (sulfide) groups is 1. The van der Waals surface area contributed by atoms with Gasteiger partial charge in [-0.1, -0.05) is 40.2 Å². The number of aromatic hydroxyl groups is 1. The molecule has 0 aliphatic rings. The van der Waals surface area contributed by atoms with Crippen molar-refractivity contribution in [3.63, 3.8) is 0 Å². The number of phenolic OH excluding ortho intramolecular Hbond substituents is 1. The monoisotopic (exact) mass is 471 g/mol. The molecule has 9 heteroatoms. The summed E-state index contributed by atoms with van der Waals surface area (Å²) in [5.74, 6) is -1.71. The van der Waals surface area contributed by atoms with Gasteiger partial charge >= 0.3 is 5.97 Å². The molecule has 0 spiro atoms. The van der Waals surface area contributed by atoms with E-state index in [2.05, 4.69) is 20.7 Å². The van der Waals surface area contributed by atoms with Crippen LogP contribution in [0.3, 0.4) is 0 Å². The Bertz CT molecular complexity index is 1310. The van der Waals surface area contributed by atoms with Gasteiger partial charge in [0.1, 0.15) is 5.75 Å².